The minimum atomic E-state index is -0.300. The van der Waals surface area contributed by atoms with Crippen LogP contribution in [0.1, 0.15) is 47.0 Å². The molecule has 0 radical (unpaired) electrons. The number of amides is 1. The average molecular weight is 284 g/mol. The number of carbonyl (C=O) groups is 1. The second-order valence-corrected chi connectivity index (χ2v) is 6.82. The molecular weight excluding hydrogens is 252 g/mol. The quantitative estimate of drug-likeness (QED) is 0.672. The molecule has 0 aromatic carbocycles. The standard InChI is InChI=1S/C16H32N2O2/c1-13(2)7-10-20-11-9-18-15(19)16(3,4)14-6-5-8-17-12-14/h13-14,17H,5-12H2,1-4H3,(H,18,19). The van der Waals surface area contributed by atoms with Crippen molar-refractivity contribution in [3.8, 4) is 0 Å². The lowest BCUT2D eigenvalue weighted by Gasteiger charge is -2.36. The highest BCUT2D eigenvalue weighted by Crippen LogP contribution is 2.31. The summed E-state index contributed by atoms with van der Waals surface area (Å²) in [6, 6.07) is 0. The van der Waals surface area contributed by atoms with Gasteiger partial charge >= 0.3 is 0 Å². The number of carbonyl (C=O) groups excluding carboxylic acids is 1. The Bertz CT molecular complexity index is 284. The van der Waals surface area contributed by atoms with Crippen LogP contribution in [0.3, 0.4) is 0 Å². The Balaban J connectivity index is 2.20. The van der Waals surface area contributed by atoms with Gasteiger partial charge in [0.15, 0.2) is 0 Å². The largest absolute Gasteiger partial charge is 0.380 e. The van der Waals surface area contributed by atoms with Crippen LogP contribution in [0.4, 0.5) is 0 Å². The molecule has 0 spiro atoms. The Morgan fingerprint density at radius 1 is 1.40 bits per heavy atom. The van der Waals surface area contributed by atoms with E-state index in [0.717, 1.165) is 32.5 Å². The minimum Gasteiger partial charge on any atom is -0.380 e. The summed E-state index contributed by atoms with van der Waals surface area (Å²) in [5.41, 5.74) is -0.300. The molecule has 1 rings (SSSR count). The molecular formula is C16H32N2O2. The first-order chi connectivity index (χ1) is 9.44. The summed E-state index contributed by atoms with van der Waals surface area (Å²) >= 11 is 0. The lowest BCUT2D eigenvalue weighted by Crippen LogP contribution is -2.47. The van der Waals surface area contributed by atoms with E-state index in [1.165, 1.54) is 6.42 Å². The van der Waals surface area contributed by atoms with E-state index in [0.29, 0.717) is 25.0 Å². The zero-order chi connectivity index (χ0) is 15.0. The van der Waals surface area contributed by atoms with Gasteiger partial charge in [-0.25, -0.2) is 0 Å². The maximum Gasteiger partial charge on any atom is 0.226 e. The predicted molar refractivity (Wildman–Crippen MR) is 82.7 cm³/mol. The molecule has 0 bridgehead atoms. The highest BCUT2D eigenvalue weighted by molar-refractivity contribution is 5.82. The van der Waals surface area contributed by atoms with E-state index in [1.807, 2.05) is 0 Å². The number of nitrogens with one attached hydrogen (secondary N) is 2. The molecule has 0 aromatic heterocycles. The maximum atomic E-state index is 12.3. The number of hydrogen-bond acceptors (Lipinski definition) is 3. The van der Waals surface area contributed by atoms with Crippen molar-refractivity contribution in [1.82, 2.24) is 10.6 Å². The van der Waals surface area contributed by atoms with Gasteiger partial charge in [-0.05, 0) is 44.2 Å². The molecule has 20 heavy (non-hydrogen) atoms. The lowest BCUT2D eigenvalue weighted by atomic mass is 9.74. The molecule has 0 aromatic rings. The van der Waals surface area contributed by atoms with Crippen molar-refractivity contribution in [3.05, 3.63) is 0 Å². The zero-order valence-corrected chi connectivity index (χ0v) is 13.6. The predicted octanol–water partition coefficient (Wildman–Crippen LogP) is 2.19. The van der Waals surface area contributed by atoms with Gasteiger partial charge in [0, 0.05) is 18.6 Å². The fraction of sp³-hybridized carbons (Fsp3) is 0.938. The van der Waals surface area contributed by atoms with Gasteiger partial charge in [-0.15, -0.1) is 0 Å². The molecule has 1 saturated heterocycles. The zero-order valence-electron chi connectivity index (χ0n) is 13.6. The molecule has 1 unspecified atom stereocenters. The van der Waals surface area contributed by atoms with Crippen LogP contribution in [0.15, 0.2) is 0 Å². The van der Waals surface area contributed by atoms with Crippen molar-refractivity contribution in [3.63, 3.8) is 0 Å². The molecule has 1 aliphatic heterocycles. The average Bonchev–Trinajstić information content (AvgIpc) is 2.43. The lowest BCUT2D eigenvalue weighted by molar-refractivity contribution is -0.132. The highest BCUT2D eigenvalue weighted by atomic mass is 16.5. The Morgan fingerprint density at radius 2 is 2.15 bits per heavy atom. The number of hydrogen-bond donors (Lipinski definition) is 2. The SMILES string of the molecule is CC(C)CCOCCNC(=O)C(C)(C)C1CCCNC1. The van der Waals surface area contributed by atoms with Gasteiger partial charge in [-0.2, -0.15) is 0 Å². The molecule has 2 N–H and O–H groups in total. The number of piperidine rings is 1. The molecule has 1 heterocycles. The van der Waals surface area contributed by atoms with Crippen molar-refractivity contribution in [2.75, 3.05) is 32.8 Å². The van der Waals surface area contributed by atoms with E-state index in [-0.39, 0.29) is 11.3 Å². The van der Waals surface area contributed by atoms with Crippen LogP contribution in [0.2, 0.25) is 0 Å². The molecule has 1 aliphatic rings. The normalized spacial score (nSPS) is 20.1. The van der Waals surface area contributed by atoms with Crippen LogP contribution in [-0.4, -0.2) is 38.8 Å². The summed E-state index contributed by atoms with van der Waals surface area (Å²) in [6.07, 6.45) is 3.38. The second kappa shape index (κ2) is 8.63. The maximum absolute atomic E-state index is 12.3. The molecule has 4 nitrogen and oxygen atoms in total. The second-order valence-electron chi connectivity index (χ2n) is 6.82. The summed E-state index contributed by atoms with van der Waals surface area (Å²) in [5.74, 6) is 1.25. The molecule has 1 atom stereocenters. The van der Waals surface area contributed by atoms with E-state index < -0.39 is 0 Å². The Labute approximate surface area is 124 Å². The van der Waals surface area contributed by atoms with Crippen LogP contribution in [-0.2, 0) is 9.53 Å². The van der Waals surface area contributed by atoms with E-state index in [4.69, 9.17) is 4.74 Å². The number of rotatable bonds is 8. The van der Waals surface area contributed by atoms with Gasteiger partial charge in [0.25, 0.3) is 0 Å². The van der Waals surface area contributed by atoms with Crippen LogP contribution in [0.5, 0.6) is 0 Å². The minimum absolute atomic E-state index is 0.152. The van der Waals surface area contributed by atoms with Crippen molar-refractivity contribution in [2.24, 2.45) is 17.3 Å². The van der Waals surface area contributed by atoms with Crippen molar-refractivity contribution < 1.29 is 9.53 Å². The molecule has 0 aliphatic carbocycles. The third kappa shape index (κ3) is 5.80. The van der Waals surface area contributed by atoms with E-state index in [2.05, 4.69) is 38.3 Å². The smallest absolute Gasteiger partial charge is 0.226 e. The Morgan fingerprint density at radius 3 is 2.75 bits per heavy atom. The number of ether oxygens (including phenoxy) is 1. The summed E-state index contributed by atoms with van der Waals surface area (Å²) in [7, 11) is 0. The Kier molecular flexibility index (Phi) is 7.52. The summed E-state index contributed by atoms with van der Waals surface area (Å²) < 4.78 is 5.53. The fourth-order valence-electron chi connectivity index (χ4n) is 2.54. The van der Waals surface area contributed by atoms with Crippen molar-refractivity contribution >= 4 is 5.91 Å². The first-order valence-corrected chi connectivity index (χ1v) is 8.01. The van der Waals surface area contributed by atoms with Gasteiger partial charge in [-0.1, -0.05) is 27.7 Å². The molecule has 1 amide bonds. The third-order valence-electron chi connectivity index (χ3n) is 4.27. The molecule has 4 heteroatoms. The van der Waals surface area contributed by atoms with Gasteiger partial charge in [0.2, 0.25) is 5.91 Å². The van der Waals surface area contributed by atoms with Gasteiger partial charge in [-0.3, -0.25) is 4.79 Å². The monoisotopic (exact) mass is 284 g/mol. The van der Waals surface area contributed by atoms with E-state index in [1.54, 1.807) is 0 Å². The fourth-order valence-corrected chi connectivity index (χ4v) is 2.54. The van der Waals surface area contributed by atoms with Crippen LogP contribution >= 0.6 is 0 Å². The van der Waals surface area contributed by atoms with Crippen LogP contribution in [0.25, 0.3) is 0 Å². The molecule has 1 fully saturated rings. The van der Waals surface area contributed by atoms with Gasteiger partial charge < -0.3 is 15.4 Å². The van der Waals surface area contributed by atoms with Crippen molar-refractivity contribution in [2.45, 2.75) is 47.0 Å². The van der Waals surface area contributed by atoms with Crippen molar-refractivity contribution in [1.29, 1.82) is 0 Å². The van der Waals surface area contributed by atoms with Crippen LogP contribution < -0.4 is 10.6 Å². The third-order valence-corrected chi connectivity index (χ3v) is 4.27. The highest BCUT2D eigenvalue weighted by Gasteiger charge is 2.36. The van der Waals surface area contributed by atoms with Gasteiger partial charge in [0.05, 0.1) is 6.61 Å². The van der Waals surface area contributed by atoms with Gasteiger partial charge in [0.1, 0.15) is 0 Å². The first kappa shape index (κ1) is 17.4. The molecule has 0 saturated carbocycles. The topological polar surface area (TPSA) is 50.4 Å². The Hall–Kier alpha value is -0.610. The molecule has 118 valence electrons. The summed E-state index contributed by atoms with van der Waals surface area (Å²) in [6.45, 7) is 12.5. The van der Waals surface area contributed by atoms with E-state index >= 15 is 0 Å². The van der Waals surface area contributed by atoms with Crippen LogP contribution in [0, 0.1) is 17.3 Å². The first-order valence-electron chi connectivity index (χ1n) is 8.01. The summed E-state index contributed by atoms with van der Waals surface area (Å²) in [4.78, 5) is 12.3. The van der Waals surface area contributed by atoms with E-state index in [9.17, 15) is 4.79 Å². The summed E-state index contributed by atoms with van der Waals surface area (Å²) in [5, 5.41) is 6.40.